The van der Waals surface area contributed by atoms with Crippen molar-refractivity contribution in [3.8, 4) is 11.5 Å². The fourth-order valence-electron chi connectivity index (χ4n) is 2.68. The molecule has 0 saturated carbocycles. The Hall–Kier alpha value is -2.20. The fourth-order valence-corrected chi connectivity index (χ4v) is 2.86. The second-order valence-electron chi connectivity index (χ2n) is 7.33. The van der Waals surface area contributed by atoms with Crippen LogP contribution in [0.1, 0.15) is 39.7 Å². The molecule has 0 heterocycles. The standard InChI is InChI=1S/C22H28ClNO3/c1-5-18(27-20-13-9-7-11-17(20)23)21(25)24-14-15-26-19-12-8-6-10-16(19)22(2,3)4/h6-13,18H,5,14-15H2,1-4H3,(H,24,25)/t18-/m0/s1. The quantitative estimate of drug-likeness (QED) is 0.647. The van der Waals surface area contributed by atoms with E-state index in [1.807, 2.05) is 37.3 Å². The van der Waals surface area contributed by atoms with Crippen molar-refractivity contribution in [2.24, 2.45) is 0 Å². The predicted octanol–water partition coefficient (Wildman–Crippen LogP) is 4.99. The summed E-state index contributed by atoms with van der Waals surface area (Å²) in [6, 6.07) is 15.1. The lowest BCUT2D eigenvalue weighted by atomic mass is 9.86. The number of rotatable bonds is 8. The highest BCUT2D eigenvalue weighted by molar-refractivity contribution is 6.32. The second kappa shape index (κ2) is 9.65. The van der Waals surface area contributed by atoms with Crippen molar-refractivity contribution in [2.75, 3.05) is 13.2 Å². The molecule has 0 aliphatic rings. The highest BCUT2D eigenvalue weighted by Gasteiger charge is 2.20. The van der Waals surface area contributed by atoms with E-state index in [9.17, 15) is 4.79 Å². The van der Waals surface area contributed by atoms with Crippen LogP contribution < -0.4 is 14.8 Å². The molecule has 0 unspecified atom stereocenters. The van der Waals surface area contributed by atoms with Crippen molar-refractivity contribution >= 4 is 17.5 Å². The number of halogens is 1. The van der Waals surface area contributed by atoms with Crippen LogP contribution >= 0.6 is 11.6 Å². The number of para-hydroxylation sites is 2. The average Bonchev–Trinajstić information content (AvgIpc) is 2.64. The molecule has 1 amide bonds. The number of hydrogen-bond acceptors (Lipinski definition) is 3. The highest BCUT2D eigenvalue weighted by atomic mass is 35.5. The molecular weight excluding hydrogens is 362 g/mol. The maximum atomic E-state index is 12.4. The highest BCUT2D eigenvalue weighted by Crippen LogP contribution is 2.30. The smallest absolute Gasteiger partial charge is 0.261 e. The summed E-state index contributed by atoms with van der Waals surface area (Å²) >= 11 is 6.10. The van der Waals surface area contributed by atoms with Crippen LogP contribution in [-0.2, 0) is 10.2 Å². The maximum Gasteiger partial charge on any atom is 0.261 e. The average molecular weight is 390 g/mol. The van der Waals surface area contributed by atoms with Gasteiger partial charge in [-0.2, -0.15) is 0 Å². The molecule has 0 saturated heterocycles. The van der Waals surface area contributed by atoms with E-state index in [0.29, 0.717) is 30.3 Å². The van der Waals surface area contributed by atoms with Crippen LogP contribution in [0.2, 0.25) is 5.02 Å². The van der Waals surface area contributed by atoms with E-state index in [4.69, 9.17) is 21.1 Å². The third kappa shape index (κ3) is 6.17. The first kappa shape index (κ1) is 21.1. The minimum atomic E-state index is -0.591. The summed E-state index contributed by atoms with van der Waals surface area (Å²) in [7, 11) is 0. The number of carbonyl (C=O) groups is 1. The van der Waals surface area contributed by atoms with Crippen LogP contribution in [0.15, 0.2) is 48.5 Å². The van der Waals surface area contributed by atoms with E-state index in [-0.39, 0.29) is 11.3 Å². The Morgan fingerprint density at radius 3 is 2.33 bits per heavy atom. The van der Waals surface area contributed by atoms with Crippen molar-refractivity contribution in [3.63, 3.8) is 0 Å². The van der Waals surface area contributed by atoms with Crippen LogP contribution in [0.5, 0.6) is 11.5 Å². The van der Waals surface area contributed by atoms with Crippen LogP contribution in [0.25, 0.3) is 0 Å². The molecule has 27 heavy (non-hydrogen) atoms. The van der Waals surface area contributed by atoms with Gasteiger partial charge in [-0.15, -0.1) is 0 Å². The number of hydrogen-bond donors (Lipinski definition) is 1. The van der Waals surface area contributed by atoms with Gasteiger partial charge in [0.2, 0.25) is 0 Å². The van der Waals surface area contributed by atoms with E-state index in [1.54, 1.807) is 12.1 Å². The van der Waals surface area contributed by atoms with Gasteiger partial charge in [0.05, 0.1) is 11.6 Å². The molecule has 4 nitrogen and oxygen atoms in total. The molecule has 0 aliphatic heterocycles. The van der Waals surface area contributed by atoms with Crippen molar-refractivity contribution in [1.82, 2.24) is 5.32 Å². The molecule has 0 spiro atoms. The Bertz CT molecular complexity index is 755. The molecule has 0 bridgehead atoms. The van der Waals surface area contributed by atoms with Gasteiger partial charge in [0, 0.05) is 0 Å². The van der Waals surface area contributed by atoms with E-state index in [2.05, 4.69) is 32.2 Å². The SMILES string of the molecule is CC[C@H](Oc1ccccc1Cl)C(=O)NCCOc1ccccc1C(C)(C)C. The summed E-state index contributed by atoms with van der Waals surface area (Å²) in [6.45, 7) is 9.14. The minimum Gasteiger partial charge on any atom is -0.491 e. The topological polar surface area (TPSA) is 47.6 Å². The Morgan fingerprint density at radius 1 is 1.07 bits per heavy atom. The number of amides is 1. The van der Waals surface area contributed by atoms with E-state index in [0.717, 1.165) is 11.3 Å². The zero-order valence-corrected chi connectivity index (χ0v) is 17.2. The summed E-state index contributed by atoms with van der Waals surface area (Å²) < 4.78 is 11.6. The monoisotopic (exact) mass is 389 g/mol. The summed E-state index contributed by atoms with van der Waals surface area (Å²) in [5.41, 5.74) is 1.14. The fraction of sp³-hybridized carbons (Fsp3) is 0.409. The molecule has 1 atom stereocenters. The van der Waals surface area contributed by atoms with Gasteiger partial charge >= 0.3 is 0 Å². The summed E-state index contributed by atoms with van der Waals surface area (Å²) in [4.78, 5) is 12.4. The normalized spacial score (nSPS) is 12.3. The van der Waals surface area contributed by atoms with Gasteiger partial charge in [-0.1, -0.05) is 69.6 Å². The largest absolute Gasteiger partial charge is 0.491 e. The molecule has 0 radical (unpaired) electrons. The van der Waals surface area contributed by atoms with Gasteiger partial charge in [-0.05, 0) is 35.6 Å². The third-order valence-corrected chi connectivity index (χ3v) is 4.44. The van der Waals surface area contributed by atoms with Gasteiger partial charge in [-0.25, -0.2) is 0 Å². The van der Waals surface area contributed by atoms with Crippen LogP contribution in [0.3, 0.4) is 0 Å². The molecule has 2 aromatic carbocycles. The Labute approximate surface area is 166 Å². The maximum absolute atomic E-state index is 12.4. The van der Waals surface area contributed by atoms with Gasteiger partial charge < -0.3 is 14.8 Å². The molecule has 0 aliphatic carbocycles. The molecule has 2 aromatic rings. The Kier molecular flexibility index (Phi) is 7.55. The lowest BCUT2D eigenvalue weighted by Gasteiger charge is -2.23. The molecule has 1 N–H and O–H groups in total. The van der Waals surface area contributed by atoms with Crippen molar-refractivity contribution < 1.29 is 14.3 Å². The van der Waals surface area contributed by atoms with Gasteiger partial charge in [-0.3, -0.25) is 4.79 Å². The third-order valence-electron chi connectivity index (χ3n) is 4.12. The molecule has 5 heteroatoms. The molecule has 0 fully saturated rings. The lowest BCUT2D eigenvalue weighted by Crippen LogP contribution is -2.39. The van der Waals surface area contributed by atoms with E-state index >= 15 is 0 Å². The van der Waals surface area contributed by atoms with Crippen molar-refractivity contribution in [1.29, 1.82) is 0 Å². The van der Waals surface area contributed by atoms with Crippen molar-refractivity contribution in [3.05, 3.63) is 59.1 Å². The first-order chi connectivity index (χ1) is 12.8. The molecular formula is C22H28ClNO3. The zero-order valence-electron chi connectivity index (χ0n) is 16.4. The van der Waals surface area contributed by atoms with Gasteiger partial charge in [0.15, 0.2) is 6.10 Å². The van der Waals surface area contributed by atoms with Gasteiger partial charge in [0.25, 0.3) is 5.91 Å². The van der Waals surface area contributed by atoms with Gasteiger partial charge in [0.1, 0.15) is 18.1 Å². The molecule has 2 rings (SSSR count). The first-order valence-corrected chi connectivity index (χ1v) is 9.62. The summed E-state index contributed by atoms with van der Waals surface area (Å²) in [5, 5.41) is 3.36. The molecule has 0 aromatic heterocycles. The second-order valence-corrected chi connectivity index (χ2v) is 7.74. The van der Waals surface area contributed by atoms with Crippen LogP contribution in [0, 0.1) is 0 Å². The van der Waals surface area contributed by atoms with E-state index in [1.165, 1.54) is 0 Å². The number of nitrogens with one attached hydrogen (secondary N) is 1. The summed E-state index contributed by atoms with van der Waals surface area (Å²) in [6.07, 6.45) is -0.0446. The predicted molar refractivity (Wildman–Crippen MR) is 110 cm³/mol. The Morgan fingerprint density at radius 2 is 1.70 bits per heavy atom. The minimum absolute atomic E-state index is 0.00403. The number of benzene rings is 2. The Balaban J connectivity index is 1.86. The zero-order chi connectivity index (χ0) is 19.9. The summed E-state index contributed by atoms with van der Waals surface area (Å²) in [5.74, 6) is 1.18. The number of ether oxygens (including phenoxy) is 2. The van der Waals surface area contributed by atoms with Crippen LogP contribution in [-0.4, -0.2) is 25.2 Å². The first-order valence-electron chi connectivity index (χ1n) is 9.24. The van der Waals surface area contributed by atoms with Crippen LogP contribution in [0.4, 0.5) is 0 Å². The molecule has 146 valence electrons. The lowest BCUT2D eigenvalue weighted by molar-refractivity contribution is -0.128. The van der Waals surface area contributed by atoms with Crippen molar-refractivity contribution in [2.45, 2.75) is 45.6 Å². The number of carbonyl (C=O) groups excluding carboxylic acids is 1. The van der Waals surface area contributed by atoms with E-state index < -0.39 is 6.10 Å².